The molecule has 0 bridgehead atoms. The van der Waals surface area contributed by atoms with Gasteiger partial charge in [0.25, 0.3) is 0 Å². The van der Waals surface area contributed by atoms with Gasteiger partial charge in [0.2, 0.25) is 0 Å². The fourth-order valence-electron chi connectivity index (χ4n) is 3.46. The molecule has 0 radical (unpaired) electrons. The predicted octanol–water partition coefficient (Wildman–Crippen LogP) is 1.88. The lowest BCUT2D eigenvalue weighted by molar-refractivity contribution is 0.0366. The van der Waals surface area contributed by atoms with Crippen LogP contribution in [-0.4, -0.2) is 50.8 Å². The van der Waals surface area contributed by atoms with E-state index in [4.69, 9.17) is 4.74 Å². The Labute approximate surface area is 106 Å². The van der Waals surface area contributed by atoms with Gasteiger partial charge in [0.15, 0.2) is 0 Å². The Morgan fingerprint density at radius 3 is 2.53 bits per heavy atom. The molecule has 0 aromatic rings. The first-order valence-electron chi connectivity index (χ1n) is 7.07. The van der Waals surface area contributed by atoms with Crippen LogP contribution in [0.4, 0.5) is 0 Å². The zero-order valence-electron chi connectivity index (χ0n) is 11.7. The van der Waals surface area contributed by atoms with Gasteiger partial charge in [-0.3, -0.25) is 0 Å². The summed E-state index contributed by atoms with van der Waals surface area (Å²) in [4.78, 5) is 2.60. The predicted molar refractivity (Wildman–Crippen MR) is 71.3 cm³/mol. The minimum absolute atomic E-state index is 0.493. The van der Waals surface area contributed by atoms with Gasteiger partial charge in [-0.2, -0.15) is 0 Å². The molecule has 100 valence electrons. The number of hydrogen-bond acceptors (Lipinski definition) is 3. The summed E-state index contributed by atoms with van der Waals surface area (Å²) in [5, 5.41) is 3.49. The Bertz CT molecular complexity index is 230. The quantitative estimate of drug-likeness (QED) is 0.812. The van der Waals surface area contributed by atoms with Crippen molar-refractivity contribution in [2.75, 3.05) is 33.8 Å². The highest BCUT2D eigenvalue weighted by Gasteiger charge is 2.32. The van der Waals surface area contributed by atoms with Crippen LogP contribution in [0.1, 0.15) is 39.0 Å². The molecule has 3 heteroatoms. The van der Waals surface area contributed by atoms with Crippen molar-refractivity contribution in [2.45, 2.75) is 51.2 Å². The van der Waals surface area contributed by atoms with Gasteiger partial charge in [0.1, 0.15) is 0 Å². The second-order valence-electron chi connectivity index (χ2n) is 6.32. The first-order valence-corrected chi connectivity index (χ1v) is 7.07. The average Bonchev–Trinajstić information content (AvgIpc) is 2.76. The van der Waals surface area contributed by atoms with Gasteiger partial charge >= 0.3 is 0 Å². The van der Waals surface area contributed by atoms with Crippen LogP contribution >= 0.6 is 0 Å². The second kappa shape index (κ2) is 5.68. The summed E-state index contributed by atoms with van der Waals surface area (Å²) in [7, 11) is 4.15. The van der Waals surface area contributed by atoms with E-state index in [1.165, 1.54) is 51.7 Å². The van der Waals surface area contributed by atoms with Crippen LogP contribution in [0.3, 0.4) is 0 Å². The van der Waals surface area contributed by atoms with Crippen LogP contribution in [0.15, 0.2) is 0 Å². The molecule has 1 saturated heterocycles. The molecule has 3 nitrogen and oxygen atoms in total. The van der Waals surface area contributed by atoms with Gasteiger partial charge < -0.3 is 15.0 Å². The van der Waals surface area contributed by atoms with Crippen molar-refractivity contribution in [2.24, 2.45) is 5.41 Å². The standard InChI is InChI=1S/C14H28N2O/c1-14(8-9-15-10-14)11-16(2)12-4-6-13(17-3)7-5-12/h12-13,15H,4-11H2,1-3H3. The number of nitrogens with one attached hydrogen (secondary N) is 1. The molecule has 0 spiro atoms. The summed E-state index contributed by atoms with van der Waals surface area (Å²) in [6, 6.07) is 0.777. The zero-order valence-corrected chi connectivity index (χ0v) is 11.7. The molecule has 1 saturated carbocycles. The molecule has 2 aliphatic rings. The third kappa shape index (κ3) is 3.43. The Kier molecular flexibility index (Phi) is 4.45. The molecule has 17 heavy (non-hydrogen) atoms. The van der Waals surface area contributed by atoms with E-state index in [9.17, 15) is 0 Å². The number of methoxy groups -OCH3 is 1. The van der Waals surface area contributed by atoms with E-state index in [1.807, 2.05) is 7.11 Å². The van der Waals surface area contributed by atoms with E-state index in [-0.39, 0.29) is 0 Å². The SMILES string of the molecule is COC1CCC(N(C)CC2(C)CCNC2)CC1. The monoisotopic (exact) mass is 240 g/mol. The maximum absolute atomic E-state index is 5.44. The van der Waals surface area contributed by atoms with Crippen molar-refractivity contribution < 1.29 is 4.74 Å². The molecule has 2 rings (SSSR count). The molecule has 1 heterocycles. The molecule has 1 N–H and O–H groups in total. The fraction of sp³-hybridized carbons (Fsp3) is 1.00. The Balaban J connectivity index is 1.78. The van der Waals surface area contributed by atoms with Gasteiger partial charge in [0, 0.05) is 26.2 Å². The first kappa shape index (κ1) is 13.3. The molecule has 1 unspecified atom stereocenters. The Hall–Kier alpha value is -0.120. The highest BCUT2D eigenvalue weighted by molar-refractivity contribution is 4.88. The average molecular weight is 240 g/mol. The highest BCUT2D eigenvalue weighted by Crippen LogP contribution is 2.29. The van der Waals surface area contributed by atoms with Crippen LogP contribution < -0.4 is 5.32 Å². The smallest absolute Gasteiger partial charge is 0.0572 e. The lowest BCUT2D eigenvalue weighted by Crippen LogP contribution is -2.43. The summed E-state index contributed by atoms with van der Waals surface area (Å²) in [5.41, 5.74) is 0.493. The minimum atomic E-state index is 0.493. The number of nitrogens with zero attached hydrogens (tertiary/aromatic N) is 1. The van der Waals surface area contributed by atoms with Crippen LogP contribution in [0.5, 0.6) is 0 Å². The van der Waals surface area contributed by atoms with Crippen molar-refractivity contribution in [3.8, 4) is 0 Å². The number of ether oxygens (including phenoxy) is 1. The summed E-state index contributed by atoms with van der Waals surface area (Å²) >= 11 is 0. The lowest BCUT2D eigenvalue weighted by Gasteiger charge is -2.38. The van der Waals surface area contributed by atoms with E-state index in [1.54, 1.807) is 0 Å². The van der Waals surface area contributed by atoms with Crippen LogP contribution in [0, 0.1) is 5.41 Å². The number of hydrogen-bond donors (Lipinski definition) is 1. The molecule has 1 aliphatic heterocycles. The first-order chi connectivity index (χ1) is 8.13. The van der Waals surface area contributed by atoms with E-state index in [0.29, 0.717) is 11.5 Å². The fourth-order valence-corrected chi connectivity index (χ4v) is 3.46. The van der Waals surface area contributed by atoms with Gasteiger partial charge in [-0.1, -0.05) is 6.92 Å². The molecule has 0 amide bonds. The molecule has 0 aromatic heterocycles. The number of rotatable bonds is 4. The van der Waals surface area contributed by atoms with Crippen molar-refractivity contribution in [3.05, 3.63) is 0 Å². The van der Waals surface area contributed by atoms with Crippen LogP contribution in [0.2, 0.25) is 0 Å². The van der Waals surface area contributed by atoms with Gasteiger partial charge in [-0.05, 0) is 51.1 Å². The summed E-state index contributed by atoms with van der Waals surface area (Å²) in [5.74, 6) is 0. The van der Waals surface area contributed by atoms with Gasteiger partial charge in [0.05, 0.1) is 6.10 Å². The van der Waals surface area contributed by atoms with E-state index in [0.717, 1.165) is 6.04 Å². The van der Waals surface area contributed by atoms with Crippen LogP contribution in [0.25, 0.3) is 0 Å². The molecule has 1 aliphatic carbocycles. The maximum Gasteiger partial charge on any atom is 0.0572 e. The second-order valence-corrected chi connectivity index (χ2v) is 6.32. The van der Waals surface area contributed by atoms with E-state index >= 15 is 0 Å². The van der Waals surface area contributed by atoms with Crippen molar-refractivity contribution >= 4 is 0 Å². The van der Waals surface area contributed by atoms with Crippen molar-refractivity contribution in [3.63, 3.8) is 0 Å². The molecule has 1 atom stereocenters. The largest absolute Gasteiger partial charge is 0.381 e. The maximum atomic E-state index is 5.44. The van der Waals surface area contributed by atoms with Crippen LogP contribution in [-0.2, 0) is 4.74 Å². The summed E-state index contributed by atoms with van der Waals surface area (Å²) in [6.45, 7) is 6.04. The highest BCUT2D eigenvalue weighted by atomic mass is 16.5. The Morgan fingerprint density at radius 1 is 1.29 bits per heavy atom. The Morgan fingerprint density at radius 2 is 2.00 bits per heavy atom. The van der Waals surface area contributed by atoms with E-state index in [2.05, 4.69) is 24.2 Å². The zero-order chi connectivity index (χ0) is 12.3. The van der Waals surface area contributed by atoms with Gasteiger partial charge in [-0.25, -0.2) is 0 Å². The third-order valence-corrected chi connectivity index (χ3v) is 4.69. The summed E-state index contributed by atoms with van der Waals surface area (Å²) < 4.78 is 5.44. The third-order valence-electron chi connectivity index (χ3n) is 4.69. The molecular weight excluding hydrogens is 212 g/mol. The lowest BCUT2D eigenvalue weighted by atomic mass is 9.86. The van der Waals surface area contributed by atoms with Gasteiger partial charge in [-0.15, -0.1) is 0 Å². The topological polar surface area (TPSA) is 24.5 Å². The minimum Gasteiger partial charge on any atom is -0.381 e. The molecular formula is C14H28N2O. The van der Waals surface area contributed by atoms with Crippen molar-refractivity contribution in [1.82, 2.24) is 10.2 Å². The molecule has 0 aromatic carbocycles. The normalized spacial score (nSPS) is 38.8. The summed E-state index contributed by atoms with van der Waals surface area (Å²) in [6.07, 6.45) is 6.92. The molecule has 2 fully saturated rings. The van der Waals surface area contributed by atoms with Crippen molar-refractivity contribution in [1.29, 1.82) is 0 Å². The van der Waals surface area contributed by atoms with E-state index < -0.39 is 0 Å².